The van der Waals surface area contributed by atoms with Gasteiger partial charge in [0.15, 0.2) is 0 Å². The molecule has 2 atom stereocenters. The molecule has 1 heterocycles. The van der Waals surface area contributed by atoms with Crippen LogP contribution in [0.1, 0.15) is 26.7 Å². The molecule has 1 fully saturated rings. The van der Waals surface area contributed by atoms with Gasteiger partial charge in [0, 0.05) is 25.4 Å². The first-order chi connectivity index (χ1) is 11.1. The number of ether oxygens (including phenoxy) is 1. The van der Waals surface area contributed by atoms with Crippen LogP contribution in [-0.4, -0.2) is 48.7 Å². The van der Waals surface area contributed by atoms with Gasteiger partial charge in [-0.25, -0.2) is 4.79 Å². The topological polar surface area (TPSA) is 70.7 Å². The van der Waals surface area contributed by atoms with Crippen LogP contribution in [0.25, 0.3) is 0 Å². The minimum atomic E-state index is -0.583. The van der Waals surface area contributed by atoms with Gasteiger partial charge in [-0.1, -0.05) is 18.2 Å². The summed E-state index contributed by atoms with van der Waals surface area (Å²) in [6.45, 7) is 5.59. The van der Waals surface area contributed by atoms with E-state index in [2.05, 4.69) is 10.6 Å². The number of carbonyl (C=O) groups is 2. The van der Waals surface area contributed by atoms with Gasteiger partial charge in [0.1, 0.15) is 6.04 Å². The molecular formula is C17H25N3O3. The Morgan fingerprint density at radius 2 is 2.09 bits per heavy atom. The summed E-state index contributed by atoms with van der Waals surface area (Å²) in [7, 11) is 0. The van der Waals surface area contributed by atoms with Crippen molar-refractivity contribution in [2.75, 3.05) is 25.0 Å². The number of hydrogen-bond acceptors (Lipinski definition) is 3. The normalized spacial score (nSPS) is 18.3. The first-order valence-electron chi connectivity index (χ1n) is 8.13. The van der Waals surface area contributed by atoms with Gasteiger partial charge in [0.05, 0.1) is 6.10 Å². The minimum Gasteiger partial charge on any atom is -0.376 e. The van der Waals surface area contributed by atoms with Crippen LogP contribution in [-0.2, 0) is 9.53 Å². The molecule has 1 aliphatic rings. The second-order valence-corrected chi connectivity index (χ2v) is 5.70. The molecule has 6 heteroatoms. The maximum Gasteiger partial charge on any atom is 0.319 e. The zero-order valence-electron chi connectivity index (χ0n) is 13.7. The molecule has 0 saturated carbocycles. The van der Waals surface area contributed by atoms with Crippen molar-refractivity contribution in [1.82, 2.24) is 10.2 Å². The molecule has 0 bridgehead atoms. The molecular weight excluding hydrogens is 294 g/mol. The monoisotopic (exact) mass is 319 g/mol. The van der Waals surface area contributed by atoms with E-state index in [9.17, 15) is 9.59 Å². The third-order valence-electron chi connectivity index (χ3n) is 3.89. The third-order valence-corrected chi connectivity index (χ3v) is 3.89. The molecule has 0 radical (unpaired) electrons. The van der Waals surface area contributed by atoms with Gasteiger partial charge in [-0.15, -0.1) is 0 Å². The SMILES string of the molecule is CCN(C[C@@H]1CCCO1)C(=O)[C@H](C)NC(=O)Nc1ccccc1. The number of likely N-dealkylation sites (N-methyl/N-ethyl adjacent to an activating group) is 1. The number of urea groups is 1. The summed E-state index contributed by atoms with van der Waals surface area (Å²) in [4.78, 5) is 26.2. The number of benzene rings is 1. The van der Waals surface area contributed by atoms with Crippen molar-refractivity contribution in [3.63, 3.8) is 0 Å². The number of nitrogens with zero attached hydrogens (tertiary/aromatic N) is 1. The van der Waals surface area contributed by atoms with Crippen molar-refractivity contribution >= 4 is 17.6 Å². The Bertz CT molecular complexity index is 515. The summed E-state index contributed by atoms with van der Waals surface area (Å²) in [6, 6.07) is 8.17. The first kappa shape index (κ1) is 17.3. The van der Waals surface area contributed by atoms with E-state index in [1.807, 2.05) is 25.1 Å². The molecule has 2 N–H and O–H groups in total. The van der Waals surface area contributed by atoms with Crippen LogP contribution in [0.5, 0.6) is 0 Å². The molecule has 0 aromatic heterocycles. The van der Waals surface area contributed by atoms with Crippen molar-refractivity contribution in [3.05, 3.63) is 30.3 Å². The summed E-state index contributed by atoms with van der Waals surface area (Å²) < 4.78 is 5.58. The zero-order chi connectivity index (χ0) is 16.7. The van der Waals surface area contributed by atoms with Crippen molar-refractivity contribution in [1.29, 1.82) is 0 Å². The Morgan fingerprint density at radius 3 is 2.70 bits per heavy atom. The molecule has 1 saturated heterocycles. The molecule has 3 amide bonds. The molecule has 23 heavy (non-hydrogen) atoms. The Kier molecular flexibility index (Phi) is 6.40. The summed E-state index contributed by atoms with van der Waals surface area (Å²) in [5.41, 5.74) is 0.691. The van der Waals surface area contributed by atoms with E-state index in [4.69, 9.17) is 4.74 Å². The molecule has 6 nitrogen and oxygen atoms in total. The summed E-state index contributed by atoms with van der Waals surface area (Å²) >= 11 is 0. The van der Waals surface area contributed by atoms with Gasteiger partial charge in [0.25, 0.3) is 0 Å². The van der Waals surface area contributed by atoms with Crippen LogP contribution in [0.15, 0.2) is 30.3 Å². The fourth-order valence-corrected chi connectivity index (χ4v) is 2.63. The van der Waals surface area contributed by atoms with Crippen LogP contribution in [0.4, 0.5) is 10.5 Å². The quantitative estimate of drug-likeness (QED) is 0.844. The highest BCUT2D eigenvalue weighted by Crippen LogP contribution is 2.14. The van der Waals surface area contributed by atoms with Crippen molar-refractivity contribution in [3.8, 4) is 0 Å². The highest BCUT2D eigenvalue weighted by Gasteiger charge is 2.25. The van der Waals surface area contributed by atoms with Crippen molar-refractivity contribution < 1.29 is 14.3 Å². The van der Waals surface area contributed by atoms with E-state index in [0.717, 1.165) is 19.4 Å². The fourth-order valence-electron chi connectivity index (χ4n) is 2.63. The lowest BCUT2D eigenvalue weighted by Gasteiger charge is -2.27. The van der Waals surface area contributed by atoms with Crippen LogP contribution >= 0.6 is 0 Å². The van der Waals surface area contributed by atoms with E-state index < -0.39 is 6.04 Å². The lowest BCUT2D eigenvalue weighted by molar-refractivity contribution is -0.134. The molecule has 0 aliphatic carbocycles. The largest absolute Gasteiger partial charge is 0.376 e. The predicted molar refractivity (Wildman–Crippen MR) is 89.3 cm³/mol. The summed E-state index contributed by atoms with van der Waals surface area (Å²) in [6.07, 6.45) is 2.15. The van der Waals surface area contributed by atoms with Gasteiger partial charge in [-0.2, -0.15) is 0 Å². The number of hydrogen-bond donors (Lipinski definition) is 2. The second kappa shape index (κ2) is 8.53. The van der Waals surface area contributed by atoms with E-state index in [1.54, 1.807) is 24.0 Å². The number of rotatable bonds is 6. The number of amides is 3. The number of para-hydroxylation sites is 1. The molecule has 0 unspecified atom stereocenters. The molecule has 2 rings (SSSR count). The van der Waals surface area contributed by atoms with E-state index in [1.165, 1.54) is 0 Å². The first-order valence-corrected chi connectivity index (χ1v) is 8.13. The number of anilines is 1. The second-order valence-electron chi connectivity index (χ2n) is 5.70. The van der Waals surface area contributed by atoms with Gasteiger partial charge in [0.2, 0.25) is 5.91 Å². The smallest absolute Gasteiger partial charge is 0.319 e. The van der Waals surface area contributed by atoms with Gasteiger partial charge in [-0.05, 0) is 38.8 Å². The van der Waals surface area contributed by atoms with Crippen LogP contribution in [0.2, 0.25) is 0 Å². The average molecular weight is 319 g/mol. The average Bonchev–Trinajstić information content (AvgIpc) is 3.05. The predicted octanol–water partition coefficient (Wildman–Crippen LogP) is 2.22. The standard InChI is InChI=1S/C17H25N3O3/c1-3-20(12-15-10-7-11-23-15)16(21)13(2)18-17(22)19-14-8-5-4-6-9-14/h4-6,8-9,13,15H,3,7,10-12H2,1-2H3,(H2,18,19,22)/t13-,15-/m0/s1. The Balaban J connectivity index is 1.83. The van der Waals surface area contributed by atoms with E-state index in [0.29, 0.717) is 18.8 Å². The van der Waals surface area contributed by atoms with Crippen LogP contribution in [0, 0.1) is 0 Å². The number of nitrogens with one attached hydrogen (secondary N) is 2. The Morgan fingerprint density at radius 1 is 1.35 bits per heavy atom. The molecule has 1 aromatic rings. The zero-order valence-corrected chi connectivity index (χ0v) is 13.7. The number of carbonyl (C=O) groups excluding carboxylic acids is 2. The molecule has 0 spiro atoms. The lowest BCUT2D eigenvalue weighted by atomic mass is 10.2. The maximum absolute atomic E-state index is 12.5. The summed E-state index contributed by atoms with van der Waals surface area (Å²) in [5.74, 6) is -0.0915. The van der Waals surface area contributed by atoms with Crippen LogP contribution in [0.3, 0.4) is 0 Å². The molecule has 126 valence electrons. The van der Waals surface area contributed by atoms with Crippen LogP contribution < -0.4 is 10.6 Å². The summed E-state index contributed by atoms with van der Waals surface area (Å²) in [5, 5.41) is 5.40. The fraction of sp³-hybridized carbons (Fsp3) is 0.529. The van der Waals surface area contributed by atoms with E-state index >= 15 is 0 Å². The van der Waals surface area contributed by atoms with Gasteiger partial charge < -0.3 is 20.3 Å². The highest BCUT2D eigenvalue weighted by atomic mass is 16.5. The Hall–Kier alpha value is -2.08. The molecule has 1 aromatic carbocycles. The van der Waals surface area contributed by atoms with Gasteiger partial charge >= 0.3 is 6.03 Å². The van der Waals surface area contributed by atoms with Crippen molar-refractivity contribution in [2.24, 2.45) is 0 Å². The van der Waals surface area contributed by atoms with Gasteiger partial charge in [-0.3, -0.25) is 4.79 Å². The van der Waals surface area contributed by atoms with E-state index in [-0.39, 0.29) is 18.0 Å². The highest BCUT2D eigenvalue weighted by molar-refractivity contribution is 5.93. The minimum absolute atomic E-state index is 0.0915. The van der Waals surface area contributed by atoms with Crippen molar-refractivity contribution in [2.45, 2.75) is 38.8 Å². The lowest BCUT2D eigenvalue weighted by Crippen LogP contribution is -2.49. The third kappa shape index (κ3) is 5.25. The molecule has 1 aliphatic heterocycles. The Labute approximate surface area is 137 Å². The maximum atomic E-state index is 12.5.